The summed E-state index contributed by atoms with van der Waals surface area (Å²) >= 11 is 1.69. The maximum atomic E-state index is 10.4. The second kappa shape index (κ2) is 4.86. The van der Waals surface area contributed by atoms with Gasteiger partial charge in [-0.15, -0.1) is 11.3 Å². The molecule has 1 fully saturated rings. The van der Waals surface area contributed by atoms with E-state index in [4.69, 9.17) is 0 Å². The number of hydrogen-bond donors (Lipinski definition) is 0. The third-order valence-corrected chi connectivity index (χ3v) is 3.91. The van der Waals surface area contributed by atoms with Gasteiger partial charge in [0, 0.05) is 11.8 Å². The van der Waals surface area contributed by atoms with E-state index in [-0.39, 0.29) is 0 Å². The molecule has 1 aromatic rings. The molecule has 15 heavy (non-hydrogen) atoms. The topological polar surface area (TPSA) is 33.2 Å². The zero-order valence-corrected chi connectivity index (χ0v) is 9.80. The Bertz CT molecular complexity index is 337. The highest BCUT2D eigenvalue weighted by Crippen LogP contribution is 2.33. The Labute approximate surface area is 94.1 Å². The Morgan fingerprint density at radius 1 is 1.73 bits per heavy atom. The van der Waals surface area contributed by atoms with Gasteiger partial charge in [-0.2, -0.15) is 0 Å². The van der Waals surface area contributed by atoms with Gasteiger partial charge in [-0.05, 0) is 25.9 Å². The first kappa shape index (κ1) is 10.8. The van der Waals surface area contributed by atoms with Crippen LogP contribution in [0, 0.1) is 0 Å². The first-order chi connectivity index (χ1) is 7.35. The predicted molar refractivity (Wildman–Crippen MR) is 61.1 cm³/mol. The van der Waals surface area contributed by atoms with Gasteiger partial charge in [0.25, 0.3) is 0 Å². The average Bonchev–Trinajstić information content (AvgIpc) is 2.84. The van der Waals surface area contributed by atoms with Crippen molar-refractivity contribution in [2.45, 2.75) is 32.2 Å². The Hall–Kier alpha value is -0.740. The van der Waals surface area contributed by atoms with Crippen molar-refractivity contribution in [3.8, 4) is 0 Å². The summed E-state index contributed by atoms with van der Waals surface area (Å²) in [6.07, 6.45) is 3.85. The minimum atomic E-state index is 0.454. The van der Waals surface area contributed by atoms with E-state index >= 15 is 0 Å². The second-order valence-electron chi connectivity index (χ2n) is 3.83. The Balaban J connectivity index is 2.10. The maximum Gasteiger partial charge on any atom is 0.125 e. The molecule has 1 aliphatic heterocycles. The van der Waals surface area contributed by atoms with Crippen molar-refractivity contribution in [1.82, 2.24) is 9.88 Å². The molecule has 0 amide bonds. The summed E-state index contributed by atoms with van der Waals surface area (Å²) in [5.74, 6) is 0. The molecular formula is C11H16N2OS. The van der Waals surface area contributed by atoms with Gasteiger partial charge in [0.1, 0.15) is 11.3 Å². The number of nitrogens with zero attached hydrogens (tertiary/aromatic N) is 2. The second-order valence-corrected chi connectivity index (χ2v) is 4.72. The SMILES string of the molecule is CCN1CCCC1c1nc(CC=O)cs1. The number of thiazole rings is 1. The summed E-state index contributed by atoms with van der Waals surface area (Å²) < 4.78 is 0. The van der Waals surface area contributed by atoms with Crippen LogP contribution < -0.4 is 0 Å². The number of carbonyl (C=O) groups excluding carboxylic acids is 1. The molecule has 1 unspecified atom stereocenters. The van der Waals surface area contributed by atoms with Crippen LogP contribution in [0.3, 0.4) is 0 Å². The maximum absolute atomic E-state index is 10.4. The van der Waals surface area contributed by atoms with Crippen LogP contribution in [-0.2, 0) is 11.2 Å². The molecule has 1 aliphatic rings. The Morgan fingerprint density at radius 3 is 3.33 bits per heavy atom. The largest absolute Gasteiger partial charge is 0.303 e. The highest BCUT2D eigenvalue weighted by atomic mass is 32.1. The molecule has 1 aromatic heterocycles. The fraction of sp³-hybridized carbons (Fsp3) is 0.636. The van der Waals surface area contributed by atoms with Gasteiger partial charge in [-0.1, -0.05) is 6.92 Å². The fourth-order valence-electron chi connectivity index (χ4n) is 2.14. The number of aldehydes is 1. The third-order valence-electron chi connectivity index (χ3n) is 2.92. The number of carbonyl (C=O) groups is 1. The molecule has 2 heterocycles. The zero-order chi connectivity index (χ0) is 10.7. The first-order valence-corrected chi connectivity index (χ1v) is 6.35. The van der Waals surface area contributed by atoms with Crippen molar-refractivity contribution < 1.29 is 4.79 Å². The summed E-state index contributed by atoms with van der Waals surface area (Å²) in [5, 5.41) is 3.20. The average molecular weight is 224 g/mol. The lowest BCUT2D eigenvalue weighted by atomic mass is 10.2. The van der Waals surface area contributed by atoms with E-state index in [1.165, 1.54) is 24.4 Å². The molecule has 0 aliphatic carbocycles. The molecule has 1 atom stereocenters. The van der Waals surface area contributed by atoms with E-state index in [1.807, 2.05) is 5.38 Å². The van der Waals surface area contributed by atoms with Crippen LogP contribution in [0.4, 0.5) is 0 Å². The van der Waals surface area contributed by atoms with Crippen LogP contribution in [0.1, 0.15) is 36.5 Å². The molecule has 0 aromatic carbocycles. The van der Waals surface area contributed by atoms with E-state index in [2.05, 4.69) is 16.8 Å². The summed E-state index contributed by atoms with van der Waals surface area (Å²) in [6, 6.07) is 0.500. The monoisotopic (exact) mass is 224 g/mol. The molecule has 3 nitrogen and oxygen atoms in total. The lowest BCUT2D eigenvalue weighted by Crippen LogP contribution is -2.22. The van der Waals surface area contributed by atoms with Gasteiger partial charge in [0.05, 0.1) is 11.7 Å². The number of aromatic nitrogens is 1. The first-order valence-electron chi connectivity index (χ1n) is 5.47. The van der Waals surface area contributed by atoms with E-state index in [0.717, 1.165) is 18.5 Å². The van der Waals surface area contributed by atoms with Crippen molar-refractivity contribution in [1.29, 1.82) is 0 Å². The van der Waals surface area contributed by atoms with Gasteiger partial charge in [-0.25, -0.2) is 4.98 Å². The van der Waals surface area contributed by atoms with Crippen LogP contribution in [0.15, 0.2) is 5.38 Å². The van der Waals surface area contributed by atoms with Crippen LogP contribution >= 0.6 is 11.3 Å². The van der Waals surface area contributed by atoms with Gasteiger partial charge in [0.2, 0.25) is 0 Å². The number of likely N-dealkylation sites (tertiary alicyclic amines) is 1. The minimum absolute atomic E-state index is 0.454. The number of rotatable bonds is 4. The molecule has 82 valence electrons. The number of hydrogen-bond acceptors (Lipinski definition) is 4. The van der Waals surface area contributed by atoms with E-state index in [0.29, 0.717) is 12.5 Å². The van der Waals surface area contributed by atoms with Crippen molar-refractivity contribution in [2.75, 3.05) is 13.1 Å². The van der Waals surface area contributed by atoms with Gasteiger partial charge < -0.3 is 4.79 Å². The molecule has 0 N–H and O–H groups in total. The van der Waals surface area contributed by atoms with E-state index in [1.54, 1.807) is 11.3 Å². The summed E-state index contributed by atoms with van der Waals surface area (Å²) in [5.41, 5.74) is 0.924. The molecule has 0 radical (unpaired) electrons. The summed E-state index contributed by atoms with van der Waals surface area (Å²) in [7, 11) is 0. The van der Waals surface area contributed by atoms with E-state index in [9.17, 15) is 4.79 Å². The standard InChI is InChI=1S/C11H16N2OS/c1-2-13-6-3-4-10(13)11-12-9(5-7-14)8-15-11/h7-8,10H,2-6H2,1H3. The molecule has 0 bridgehead atoms. The summed E-state index contributed by atoms with van der Waals surface area (Å²) in [6.45, 7) is 4.47. The molecule has 0 saturated carbocycles. The van der Waals surface area contributed by atoms with Crippen molar-refractivity contribution in [3.63, 3.8) is 0 Å². The zero-order valence-electron chi connectivity index (χ0n) is 8.98. The molecule has 1 saturated heterocycles. The Morgan fingerprint density at radius 2 is 2.60 bits per heavy atom. The molecule has 2 rings (SSSR count). The highest BCUT2D eigenvalue weighted by Gasteiger charge is 2.26. The van der Waals surface area contributed by atoms with Crippen molar-refractivity contribution in [3.05, 3.63) is 16.1 Å². The summed E-state index contributed by atoms with van der Waals surface area (Å²) in [4.78, 5) is 17.4. The van der Waals surface area contributed by atoms with Crippen LogP contribution in [0.2, 0.25) is 0 Å². The third kappa shape index (κ3) is 2.26. The van der Waals surface area contributed by atoms with E-state index < -0.39 is 0 Å². The Kier molecular flexibility index (Phi) is 3.49. The quantitative estimate of drug-likeness (QED) is 0.734. The van der Waals surface area contributed by atoms with Gasteiger partial charge in [0.15, 0.2) is 0 Å². The molecule has 4 heteroatoms. The highest BCUT2D eigenvalue weighted by molar-refractivity contribution is 7.09. The molecule has 0 spiro atoms. The normalized spacial score (nSPS) is 22.1. The molecular weight excluding hydrogens is 208 g/mol. The minimum Gasteiger partial charge on any atom is -0.303 e. The van der Waals surface area contributed by atoms with Gasteiger partial charge >= 0.3 is 0 Å². The van der Waals surface area contributed by atoms with Crippen molar-refractivity contribution >= 4 is 17.6 Å². The van der Waals surface area contributed by atoms with Crippen LogP contribution in [0.25, 0.3) is 0 Å². The lowest BCUT2D eigenvalue weighted by Gasteiger charge is -2.20. The van der Waals surface area contributed by atoms with Gasteiger partial charge in [-0.3, -0.25) is 4.90 Å². The fourth-order valence-corrected chi connectivity index (χ4v) is 3.14. The predicted octanol–water partition coefficient (Wildman–Crippen LogP) is 2.04. The van der Waals surface area contributed by atoms with Crippen LogP contribution in [0.5, 0.6) is 0 Å². The lowest BCUT2D eigenvalue weighted by molar-refractivity contribution is -0.107. The van der Waals surface area contributed by atoms with Crippen LogP contribution in [-0.4, -0.2) is 29.3 Å². The van der Waals surface area contributed by atoms with Crippen molar-refractivity contribution in [2.24, 2.45) is 0 Å². The smallest absolute Gasteiger partial charge is 0.125 e.